The number of fused-ring (bicyclic) bond motifs is 2. The number of Topliss-reactive ketones (excluding diaryl/α,β-unsaturated/α-hetero) is 2. The van der Waals surface area contributed by atoms with Crippen LogP contribution in [0.4, 0.5) is 0 Å². The van der Waals surface area contributed by atoms with Gasteiger partial charge in [0.1, 0.15) is 17.5 Å². The van der Waals surface area contributed by atoms with E-state index in [2.05, 4.69) is 27.7 Å². The predicted molar refractivity (Wildman–Crippen MR) is 119 cm³/mol. The summed E-state index contributed by atoms with van der Waals surface area (Å²) in [6.45, 7) is 10.1. The third-order valence-corrected chi connectivity index (χ3v) is 10.9. The Morgan fingerprint density at radius 3 is 2.58 bits per heavy atom. The predicted octanol–water partition coefficient (Wildman–Crippen LogP) is 4.96. The van der Waals surface area contributed by atoms with E-state index in [0.717, 1.165) is 24.2 Å². The Hall–Kier alpha value is -0.740. The lowest BCUT2D eigenvalue weighted by atomic mass is 9.40. The van der Waals surface area contributed by atoms with Crippen molar-refractivity contribution in [1.29, 1.82) is 0 Å². The Balaban J connectivity index is 1.41. The van der Waals surface area contributed by atoms with Crippen LogP contribution in [0.15, 0.2) is 0 Å². The van der Waals surface area contributed by atoms with Gasteiger partial charge in [-0.15, -0.1) is 0 Å². The molecule has 1 unspecified atom stereocenters. The van der Waals surface area contributed by atoms with Gasteiger partial charge in [0.15, 0.2) is 5.78 Å². The van der Waals surface area contributed by atoms with Crippen LogP contribution in [0.1, 0.15) is 91.9 Å². The molecule has 4 aliphatic carbocycles. The van der Waals surface area contributed by atoms with Gasteiger partial charge in [0.2, 0.25) is 0 Å². The van der Waals surface area contributed by atoms with E-state index in [9.17, 15) is 14.7 Å². The molecular weight excluding hydrogens is 388 g/mol. The van der Waals surface area contributed by atoms with Gasteiger partial charge < -0.3 is 9.84 Å². The molecule has 9 atom stereocenters. The number of carbonyl (C=O) groups excluding carboxylic acids is 2. The summed E-state index contributed by atoms with van der Waals surface area (Å²) in [5.74, 6) is 3.19. The maximum atomic E-state index is 13.5. The zero-order valence-corrected chi connectivity index (χ0v) is 20.0. The molecule has 4 heteroatoms. The van der Waals surface area contributed by atoms with E-state index in [0.29, 0.717) is 31.3 Å². The lowest BCUT2D eigenvalue weighted by Crippen LogP contribution is -2.77. The minimum Gasteiger partial charge on any atom is -0.381 e. The highest BCUT2D eigenvalue weighted by Gasteiger charge is 2.75. The second kappa shape index (κ2) is 7.38. The van der Waals surface area contributed by atoms with Crippen molar-refractivity contribution in [1.82, 2.24) is 0 Å². The van der Waals surface area contributed by atoms with Gasteiger partial charge in [-0.05, 0) is 73.0 Å². The van der Waals surface area contributed by atoms with Crippen LogP contribution in [0, 0.1) is 46.3 Å². The van der Waals surface area contributed by atoms with Crippen LogP contribution < -0.4 is 0 Å². The summed E-state index contributed by atoms with van der Waals surface area (Å²) in [6, 6.07) is 0. The molecule has 6 fully saturated rings. The van der Waals surface area contributed by atoms with Crippen molar-refractivity contribution >= 4 is 11.6 Å². The summed E-state index contributed by atoms with van der Waals surface area (Å²) in [5.41, 5.74) is -1.72. The van der Waals surface area contributed by atoms with E-state index < -0.39 is 17.1 Å². The van der Waals surface area contributed by atoms with Gasteiger partial charge in [-0.25, -0.2) is 0 Å². The molecule has 2 saturated heterocycles. The maximum absolute atomic E-state index is 13.5. The van der Waals surface area contributed by atoms with Crippen molar-refractivity contribution in [2.45, 2.75) is 104 Å². The standard InChI is InChI=1S/C27H42O4/c1-16(2)6-5-7-17(3)19-8-9-20-22-21(11-12-25(19,20)4)26-13-10-18(28)14-27(26,30)24(29)23(22)31-15-26/h16-17,19-23,30H,5-15H2,1-4H3/t17?,19-,20+,21+,22+,23-,25-,26+,27+/m1/s1. The van der Waals surface area contributed by atoms with Crippen molar-refractivity contribution in [3.8, 4) is 0 Å². The molecule has 0 radical (unpaired) electrons. The molecule has 0 aromatic rings. The van der Waals surface area contributed by atoms with Crippen molar-refractivity contribution in [3.63, 3.8) is 0 Å². The molecule has 6 aliphatic rings. The third kappa shape index (κ3) is 2.92. The summed E-state index contributed by atoms with van der Waals surface area (Å²) in [6.07, 6.45) is 9.31. The smallest absolute Gasteiger partial charge is 0.194 e. The van der Waals surface area contributed by atoms with Crippen LogP contribution in [-0.4, -0.2) is 35.0 Å². The van der Waals surface area contributed by atoms with E-state index in [-0.39, 0.29) is 29.3 Å². The van der Waals surface area contributed by atoms with Crippen LogP contribution in [0.3, 0.4) is 0 Å². The number of rotatable bonds is 5. The Labute approximate surface area is 187 Å². The van der Waals surface area contributed by atoms with Crippen LogP contribution in [-0.2, 0) is 14.3 Å². The Bertz CT molecular complexity index is 760. The zero-order valence-electron chi connectivity index (χ0n) is 20.0. The largest absolute Gasteiger partial charge is 0.381 e. The second-order valence-corrected chi connectivity index (χ2v) is 12.6. The summed E-state index contributed by atoms with van der Waals surface area (Å²) in [5, 5.41) is 11.6. The van der Waals surface area contributed by atoms with Crippen LogP contribution in [0.5, 0.6) is 0 Å². The monoisotopic (exact) mass is 430 g/mol. The van der Waals surface area contributed by atoms with Gasteiger partial charge in [-0.1, -0.05) is 47.0 Å². The first-order valence-electron chi connectivity index (χ1n) is 13.0. The minimum absolute atomic E-state index is 0.0202. The highest BCUT2D eigenvalue weighted by atomic mass is 16.5. The van der Waals surface area contributed by atoms with Gasteiger partial charge in [0.25, 0.3) is 0 Å². The average molecular weight is 431 g/mol. The normalized spacial score (nSPS) is 49.7. The summed E-state index contributed by atoms with van der Waals surface area (Å²) in [4.78, 5) is 25.8. The summed E-state index contributed by atoms with van der Waals surface area (Å²) in [7, 11) is 0. The van der Waals surface area contributed by atoms with E-state index in [1.54, 1.807) is 0 Å². The number of ketones is 2. The average Bonchev–Trinajstić information content (AvgIpc) is 3.07. The fraction of sp³-hybridized carbons (Fsp3) is 0.926. The second-order valence-electron chi connectivity index (χ2n) is 12.6. The zero-order chi connectivity index (χ0) is 22.2. The van der Waals surface area contributed by atoms with Crippen LogP contribution in [0.25, 0.3) is 0 Å². The quantitative estimate of drug-likeness (QED) is 0.670. The third-order valence-electron chi connectivity index (χ3n) is 10.9. The van der Waals surface area contributed by atoms with Gasteiger partial charge in [0.05, 0.1) is 6.61 Å². The van der Waals surface area contributed by atoms with Gasteiger partial charge in [0, 0.05) is 18.3 Å². The first-order chi connectivity index (χ1) is 14.6. The molecule has 6 rings (SSSR count). The number of hydrogen-bond donors (Lipinski definition) is 1. The van der Waals surface area contributed by atoms with E-state index in [1.165, 1.54) is 38.5 Å². The minimum atomic E-state index is -1.47. The van der Waals surface area contributed by atoms with E-state index >= 15 is 0 Å². The number of aliphatic hydroxyl groups is 1. The van der Waals surface area contributed by atoms with Crippen molar-refractivity contribution < 1.29 is 19.4 Å². The lowest BCUT2D eigenvalue weighted by Gasteiger charge is -2.68. The molecular formula is C27H42O4. The van der Waals surface area contributed by atoms with Gasteiger partial charge >= 0.3 is 0 Å². The van der Waals surface area contributed by atoms with E-state index in [4.69, 9.17) is 4.74 Å². The van der Waals surface area contributed by atoms with Crippen molar-refractivity contribution in [2.24, 2.45) is 46.3 Å². The molecule has 2 heterocycles. The molecule has 174 valence electrons. The first-order valence-corrected chi connectivity index (χ1v) is 13.0. The Morgan fingerprint density at radius 2 is 1.84 bits per heavy atom. The van der Waals surface area contributed by atoms with Crippen LogP contribution in [0.2, 0.25) is 0 Å². The molecule has 4 saturated carbocycles. The van der Waals surface area contributed by atoms with Crippen molar-refractivity contribution in [3.05, 3.63) is 0 Å². The fourth-order valence-electron chi connectivity index (χ4n) is 9.36. The molecule has 31 heavy (non-hydrogen) atoms. The molecule has 2 bridgehead atoms. The Kier molecular flexibility index (Phi) is 5.26. The Morgan fingerprint density at radius 1 is 1.06 bits per heavy atom. The van der Waals surface area contributed by atoms with E-state index in [1.807, 2.05) is 0 Å². The SMILES string of the molecule is CC(C)CCCC(C)[C@H]1CC[C@H]2[C@@H]3[C@H]4OC[C@@]5(CCC(=O)C[C@]5(O)C4=O)[C@H]3CC[C@]12C. The molecule has 0 amide bonds. The molecule has 2 aliphatic heterocycles. The fourth-order valence-corrected chi connectivity index (χ4v) is 9.36. The topological polar surface area (TPSA) is 63.6 Å². The summed E-state index contributed by atoms with van der Waals surface area (Å²) >= 11 is 0. The number of carbonyl (C=O) groups is 2. The van der Waals surface area contributed by atoms with Crippen molar-refractivity contribution in [2.75, 3.05) is 6.61 Å². The number of ether oxygens (including phenoxy) is 1. The highest BCUT2D eigenvalue weighted by molar-refractivity contribution is 5.99. The molecule has 1 spiro atoms. The van der Waals surface area contributed by atoms with Gasteiger partial charge in [-0.3, -0.25) is 9.59 Å². The summed E-state index contributed by atoms with van der Waals surface area (Å²) < 4.78 is 6.24. The highest BCUT2D eigenvalue weighted by Crippen LogP contribution is 2.70. The van der Waals surface area contributed by atoms with Crippen LogP contribution >= 0.6 is 0 Å². The molecule has 1 N–H and O–H groups in total. The molecule has 0 aromatic carbocycles. The maximum Gasteiger partial charge on any atom is 0.194 e. The number of hydrogen-bond acceptors (Lipinski definition) is 4. The molecule has 0 aromatic heterocycles. The van der Waals surface area contributed by atoms with Gasteiger partial charge in [-0.2, -0.15) is 0 Å². The first kappa shape index (κ1) is 22.1. The lowest BCUT2D eigenvalue weighted by molar-refractivity contribution is -0.285. The molecule has 4 nitrogen and oxygen atoms in total.